The molecule has 0 aliphatic rings. The van der Waals surface area contributed by atoms with Crippen LogP contribution >= 0.6 is 0 Å². The standard InChI is InChI=1S/C16H27N3O2/c1-12-7-8-14(9-15(12)19(20)21)13(2)17-10-16(3,4)11-18(5)6/h7-9,13,17H,10-11H2,1-6H3. The smallest absolute Gasteiger partial charge is 0.272 e. The van der Waals surface area contributed by atoms with Gasteiger partial charge in [0.25, 0.3) is 5.69 Å². The molecule has 1 aromatic rings. The number of aryl methyl sites for hydroxylation is 1. The number of hydrogen-bond donors (Lipinski definition) is 1. The molecular formula is C16H27N3O2. The van der Waals surface area contributed by atoms with Crippen molar-refractivity contribution in [1.82, 2.24) is 10.2 Å². The average molecular weight is 293 g/mol. The Bertz CT molecular complexity index is 498. The Labute approximate surface area is 127 Å². The molecule has 0 aromatic heterocycles. The summed E-state index contributed by atoms with van der Waals surface area (Å²) in [5.41, 5.74) is 1.99. The second-order valence-electron chi connectivity index (χ2n) is 6.81. The lowest BCUT2D eigenvalue weighted by molar-refractivity contribution is -0.385. The van der Waals surface area contributed by atoms with Crippen LogP contribution < -0.4 is 5.32 Å². The van der Waals surface area contributed by atoms with Crippen molar-refractivity contribution in [1.29, 1.82) is 0 Å². The SMILES string of the molecule is Cc1ccc(C(C)NCC(C)(C)CN(C)C)cc1[N+](=O)[O-]. The highest BCUT2D eigenvalue weighted by molar-refractivity contribution is 5.43. The van der Waals surface area contributed by atoms with Crippen LogP contribution in [0.2, 0.25) is 0 Å². The maximum absolute atomic E-state index is 11.0. The van der Waals surface area contributed by atoms with Gasteiger partial charge in [0, 0.05) is 30.8 Å². The molecule has 0 bridgehead atoms. The van der Waals surface area contributed by atoms with Crippen LogP contribution in [0.3, 0.4) is 0 Å². The van der Waals surface area contributed by atoms with E-state index in [0.717, 1.165) is 18.7 Å². The van der Waals surface area contributed by atoms with Crippen LogP contribution in [0.5, 0.6) is 0 Å². The van der Waals surface area contributed by atoms with E-state index in [-0.39, 0.29) is 22.1 Å². The summed E-state index contributed by atoms with van der Waals surface area (Å²) >= 11 is 0. The zero-order valence-electron chi connectivity index (χ0n) is 13.9. The Balaban J connectivity index is 2.74. The van der Waals surface area contributed by atoms with E-state index in [9.17, 15) is 10.1 Å². The minimum atomic E-state index is -0.318. The minimum Gasteiger partial charge on any atom is -0.310 e. The van der Waals surface area contributed by atoms with Gasteiger partial charge in [-0.1, -0.05) is 26.0 Å². The van der Waals surface area contributed by atoms with Gasteiger partial charge in [-0.15, -0.1) is 0 Å². The highest BCUT2D eigenvalue weighted by atomic mass is 16.6. The van der Waals surface area contributed by atoms with E-state index >= 15 is 0 Å². The second-order valence-corrected chi connectivity index (χ2v) is 6.81. The molecule has 0 saturated heterocycles. The molecule has 0 saturated carbocycles. The van der Waals surface area contributed by atoms with E-state index in [2.05, 4.69) is 38.2 Å². The van der Waals surface area contributed by atoms with Crippen LogP contribution in [0.25, 0.3) is 0 Å². The summed E-state index contributed by atoms with van der Waals surface area (Å²) in [6.45, 7) is 10.1. The minimum absolute atomic E-state index is 0.0886. The summed E-state index contributed by atoms with van der Waals surface area (Å²) in [7, 11) is 4.13. The molecule has 5 nitrogen and oxygen atoms in total. The number of rotatable bonds is 7. The number of nitrogens with zero attached hydrogens (tertiary/aromatic N) is 2. The maximum Gasteiger partial charge on any atom is 0.272 e. The maximum atomic E-state index is 11.0. The van der Waals surface area contributed by atoms with Crippen molar-refractivity contribution in [2.24, 2.45) is 5.41 Å². The first-order chi connectivity index (χ1) is 9.62. The fourth-order valence-corrected chi connectivity index (χ4v) is 2.55. The molecular weight excluding hydrogens is 266 g/mol. The summed E-state index contributed by atoms with van der Waals surface area (Å²) in [6, 6.07) is 5.53. The van der Waals surface area contributed by atoms with Gasteiger partial charge in [0.2, 0.25) is 0 Å². The number of nitro groups is 1. The van der Waals surface area contributed by atoms with Crippen molar-refractivity contribution in [3.63, 3.8) is 0 Å². The molecule has 0 aliphatic carbocycles. The Morgan fingerprint density at radius 2 is 2.00 bits per heavy atom. The third-order valence-corrected chi connectivity index (χ3v) is 3.56. The monoisotopic (exact) mass is 293 g/mol. The molecule has 0 amide bonds. The molecule has 0 spiro atoms. The molecule has 1 aromatic carbocycles. The zero-order valence-corrected chi connectivity index (χ0v) is 13.9. The zero-order chi connectivity index (χ0) is 16.2. The molecule has 1 N–H and O–H groups in total. The van der Waals surface area contributed by atoms with Gasteiger partial charge in [0.15, 0.2) is 0 Å². The van der Waals surface area contributed by atoms with Gasteiger partial charge in [-0.05, 0) is 38.9 Å². The fraction of sp³-hybridized carbons (Fsp3) is 0.625. The van der Waals surface area contributed by atoms with Gasteiger partial charge in [-0.25, -0.2) is 0 Å². The van der Waals surface area contributed by atoms with Crippen molar-refractivity contribution in [3.8, 4) is 0 Å². The van der Waals surface area contributed by atoms with Crippen molar-refractivity contribution in [3.05, 3.63) is 39.4 Å². The summed E-state index contributed by atoms with van der Waals surface area (Å²) < 4.78 is 0. The largest absolute Gasteiger partial charge is 0.310 e. The first-order valence-electron chi connectivity index (χ1n) is 7.25. The predicted octanol–water partition coefficient (Wildman–Crippen LogP) is 3.14. The Hall–Kier alpha value is -1.46. The molecule has 0 aliphatic heterocycles. The molecule has 1 rings (SSSR count). The van der Waals surface area contributed by atoms with Crippen LogP contribution in [0.15, 0.2) is 18.2 Å². The van der Waals surface area contributed by atoms with Gasteiger partial charge in [0.05, 0.1) is 4.92 Å². The van der Waals surface area contributed by atoms with Crippen molar-refractivity contribution < 1.29 is 4.92 Å². The van der Waals surface area contributed by atoms with E-state index in [1.165, 1.54) is 0 Å². The normalized spacial score (nSPS) is 13.5. The van der Waals surface area contributed by atoms with Gasteiger partial charge in [-0.3, -0.25) is 10.1 Å². The first-order valence-corrected chi connectivity index (χ1v) is 7.25. The van der Waals surface area contributed by atoms with Crippen LogP contribution in [-0.4, -0.2) is 37.0 Å². The van der Waals surface area contributed by atoms with Gasteiger partial charge in [0.1, 0.15) is 0 Å². The molecule has 1 unspecified atom stereocenters. The summed E-state index contributed by atoms with van der Waals surface area (Å²) in [5, 5.41) is 14.5. The molecule has 0 fully saturated rings. The third kappa shape index (κ3) is 5.44. The Morgan fingerprint density at radius 3 is 2.52 bits per heavy atom. The fourth-order valence-electron chi connectivity index (χ4n) is 2.55. The van der Waals surface area contributed by atoms with Crippen LogP contribution in [0.4, 0.5) is 5.69 Å². The molecule has 5 heteroatoms. The number of benzene rings is 1. The van der Waals surface area contributed by atoms with Gasteiger partial charge >= 0.3 is 0 Å². The topological polar surface area (TPSA) is 58.4 Å². The number of hydrogen-bond acceptors (Lipinski definition) is 4. The number of nitro benzene ring substituents is 1. The van der Waals surface area contributed by atoms with Crippen molar-refractivity contribution >= 4 is 5.69 Å². The quantitative estimate of drug-likeness (QED) is 0.620. The van der Waals surface area contributed by atoms with E-state index in [1.54, 1.807) is 13.0 Å². The molecule has 0 heterocycles. The summed E-state index contributed by atoms with van der Waals surface area (Å²) in [4.78, 5) is 12.9. The predicted molar refractivity (Wildman–Crippen MR) is 86.6 cm³/mol. The molecule has 21 heavy (non-hydrogen) atoms. The highest BCUT2D eigenvalue weighted by Crippen LogP contribution is 2.24. The van der Waals surface area contributed by atoms with Crippen LogP contribution in [-0.2, 0) is 0 Å². The Morgan fingerprint density at radius 1 is 1.38 bits per heavy atom. The third-order valence-electron chi connectivity index (χ3n) is 3.56. The van der Waals surface area contributed by atoms with Crippen LogP contribution in [0, 0.1) is 22.5 Å². The summed E-state index contributed by atoms with van der Waals surface area (Å²) in [5.74, 6) is 0. The van der Waals surface area contributed by atoms with Crippen molar-refractivity contribution in [2.45, 2.75) is 33.7 Å². The molecule has 1 atom stereocenters. The lowest BCUT2D eigenvalue weighted by Gasteiger charge is -2.30. The number of nitrogens with one attached hydrogen (secondary N) is 1. The van der Waals surface area contributed by atoms with Gasteiger partial charge in [-0.2, -0.15) is 0 Å². The second kappa shape index (κ2) is 7.00. The van der Waals surface area contributed by atoms with E-state index in [0.29, 0.717) is 5.56 Å². The van der Waals surface area contributed by atoms with E-state index < -0.39 is 0 Å². The Kier molecular flexibility index (Phi) is 5.87. The lowest BCUT2D eigenvalue weighted by atomic mass is 9.92. The highest BCUT2D eigenvalue weighted by Gasteiger charge is 2.20. The van der Waals surface area contributed by atoms with Crippen LogP contribution in [0.1, 0.15) is 37.9 Å². The van der Waals surface area contributed by atoms with Crippen molar-refractivity contribution in [2.75, 3.05) is 27.2 Å². The molecule has 118 valence electrons. The lowest BCUT2D eigenvalue weighted by Crippen LogP contribution is -2.38. The first kappa shape index (κ1) is 17.6. The van der Waals surface area contributed by atoms with E-state index in [4.69, 9.17) is 0 Å². The van der Waals surface area contributed by atoms with E-state index in [1.807, 2.05) is 19.1 Å². The summed E-state index contributed by atoms with van der Waals surface area (Å²) in [6.07, 6.45) is 0. The average Bonchev–Trinajstić information content (AvgIpc) is 2.34. The van der Waals surface area contributed by atoms with Gasteiger partial charge < -0.3 is 10.2 Å². The molecule has 0 radical (unpaired) electrons.